The number of rotatable bonds is 6. The minimum Gasteiger partial charge on any atom is -0.478 e. The normalized spacial score (nSPS) is 15.1. The summed E-state index contributed by atoms with van der Waals surface area (Å²) in [7, 11) is 1.73. The number of nitrogens with zero attached hydrogens (tertiary/aromatic N) is 1. The molecule has 1 aliphatic carbocycles. The Balaban J connectivity index is 1.80. The molecule has 0 radical (unpaired) electrons. The van der Waals surface area contributed by atoms with Crippen molar-refractivity contribution in [2.24, 2.45) is 0 Å². The molecule has 2 rings (SSSR count). The Hall–Kier alpha value is -1.88. The predicted molar refractivity (Wildman–Crippen MR) is 78.1 cm³/mol. The third-order valence-electron chi connectivity index (χ3n) is 3.79. The lowest BCUT2D eigenvalue weighted by molar-refractivity contribution is -0.137. The Morgan fingerprint density at radius 1 is 1.24 bits per heavy atom. The Morgan fingerprint density at radius 3 is 2.43 bits per heavy atom. The molecule has 0 heterocycles. The summed E-state index contributed by atoms with van der Waals surface area (Å²) < 4.78 is 5.61. The topological polar surface area (TPSA) is 66.8 Å². The molecule has 0 unspecified atom stereocenters. The van der Waals surface area contributed by atoms with Crippen LogP contribution >= 0.6 is 0 Å². The van der Waals surface area contributed by atoms with E-state index < -0.39 is 5.97 Å². The second-order valence-electron chi connectivity index (χ2n) is 5.47. The highest BCUT2D eigenvalue weighted by Gasteiger charge is 2.18. The van der Waals surface area contributed by atoms with Crippen LogP contribution in [0.5, 0.6) is 0 Å². The lowest BCUT2D eigenvalue weighted by Crippen LogP contribution is -2.31. The smallest absolute Gasteiger partial charge is 0.335 e. The van der Waals surface area contributed by atoms with E-state index in [1.165, 1.54) is 12.8 Å². The van der Waals surface area contributed by atoms with Crippen molar-refractivity contribution in [3.8, 4) is 0 Å². The maximum absolute atomic E-state index is 12.0. The fourth-order valence-electron chi connectivity index (χ4n) is 2.47. The highest BCUT2D eigenvalue weighted by Crippen LogP contribution is 2.20. The second kappa shape index (κ2) is 7.22. The molecule has 1 fully saturated rings. The molecule has 0 bridgehead atoms. The standard InChI is InChI=1S/C16H21NO4/c1-17(15(18)11-21-14-4-2-3-5-14)10-12-6-8-13(9-7-12)16(19)20/h6-9,14H,2-5,10-11H2,1H3,(H,19,20). The molecule has 1 aliphatic rings. The number of hydrogen-bond donors (Lipinski definition) is 1. The molecular weight excluding hydrogens is 270 g/mol. The zero-order valence-corrected chi connectivity index (χ0v) is 12.2. The summed E-state index contributed by atoms with van der Waals surface area (Å²) in [6.45, 7) is 0.571. The van der Waals surface area contributed by atoms with Gasteiger partial charge in [0.15, 0.2) is 0 Å². The van der Waals surface area contributed by atoms with Gasteiger partial charge in [-0.1, -0.05) is 25.0 Å². The van der Waals surface area contributed by atoms with E-state index in [0.29, 0.717) is 6.54 Å². The van der Waals surface area contributed by atoms with Gasteiger partial charge in [0.25, 0.3) is 0 Å². The van der Waals surface area contributed by atoms with Crippen molar-refractivity contribution >= 4 is 11.9 Å². The fourth-order valence-corrected chi connectivity index (χ4v) is 2.47. The summed E-state index contributed by atoms with van der Waals surface area (Å²) in [5, 5.41) is 8.84. The summed E-state index contributed by atoms with van der Waals surface area (Å²) in [6, 6.07) is 6.55. The third-order valence-corrected chi connectivity index (χ3v) is 3.79. The van der Waals surface area contributed by atoms with E-state index in [1.54, 1.807) is 36.2 Å². The van der Waals surface area contributed by atoms with Gasteiger partial charge < -0.3 is 14.7 Å². The average Bonchev–Trinajstić information content (AvgIpc) is 2.98. The molecule has 5 nitrogen and oxygen atoms in total. The molecule has 1 saturated carbocycles. The van der Waals surface area contributed by atoms with Crippen LogP contribution in [0.1, 0.15) is 41.6 Å². The van der Waals surface area contributed by atoms with Crippen molar-refractivity contribution in [3.05, 3.63) is 35.4 Å². The SMILES string of the molecule is CN(Cc1ccc(C(=O)O)cc1)C(=O)COC1CCCC1. The monoisotopic (exact) mass is 291 g/mol. The van der Waals surface area contributed by atoms with Gasteiger partial charge in [-0.15, -0.1) is 0 Å². The van der Waals surface area contributed by atoms with E-state index >= 15 is 0 Å². The number of carbonyl (C=O) groups is 2. The van der Waals surface area contributed by atoms with E-state index in [2.05, 4.69) is 0 Å². The van der Waals surface area contributed by atoms with Crippen LogP contribution in [0.2, 0.25) is 0 Å². The summed E-state index contributed by atoms with van der Waals surface area (Å²) in [4.78, 5) is 24.4. The van der Waals surface area contributed by atoms with Gasteiger partial charge in [-0.3, -0.25) is 4.79 Å². The molecule has 21 heavy (non-hydrogen) atoms. The van der Waals surface area contributed by atoms with Crippen LogP contribution < -0.4 is 0 Å². The number of carboxylic acids is 1. The zero-order valence-electron chi connectivity index (χ0n) is 12.2. The molecule has 0 aromatic heterocycles. The number of aromatic carboxylic acids is 1. The molecule has 1 aromatic rings. The van der Waals surface area contributed by atoms with E-state index in [0.717, 1.165) is 18.4 Å². The van der Waals surface area contributed by atoms with Crippen molar-refractivity contribution in [3.63, 3.8) is 0 Å². The number of carboxylic acid groups (broad SMARTS) is 1. The van der Waals surface area contributed by atoms with Crippen LogP contribution in [-0.2, 0) is 16.1 Å². The molecule has 0 aliphatic heterocycles. The van der Waals surface area contributed by atoms with Crippen molar-refractivity contribution in [1.82, 2.24) is 4.90 Å². The van der Waals surface area contributed by atoms with Crippen molar-refractivity contribution < 1.29 is 19.4 Å². The van der Waals surface area contributed by atoms with Crippen molar-refractivity contribution in [2.45, 2.75) is 38.3 Å². The van der Waals surface area contributed by atoms with Crippen molar-refractivity contribution in [2.75, 3.05) is 13.7 Å². The van der Waals surface area contributed by atoms with Gasteiger partial charge in [0.2, 0.25) is 5.91 Å². The molecule has 1 amide bonds. The first-order valence-corrected chi connectivity index (χ1v) is 7.24. The molecular formula is C16H21NO4. The van der Waals surface area contributed by atoms with Gasteiger partial charge in [0.1, 0.15) is 6.61 Å². The lowest BCUT2D eigenvalue weighted by atomic mass is 10.1. The van der Waals surface area contributed by atoms with Crippen LogP contribution in [0.15, 0.2) is 24.3 Å². The molecule has 0 atom stereocenters. The largest absolute Gasteiger partial charge is 0.478 e. The summed E-state index contributed by atoms with van der Waals surface area (Å²) in [5.41, 5.74) is 1.15. The Kier molecular flexibility index (Phi) is 5.33. The average molecular weight is 291 g/mol. The first kappa shape index (κ1) is 15.5. The number of amides is 1. The van der Waals surface area contributed by atoms with E-state index in [-0.39, 0.29) is 24.2 Å². The van der Waals surface area contributed by atoms with Crippen LogP contribution in [0.25, 0.3) is 0 Å². The van der Waals surface area contributed by atoms with Crippen LogP contribution in [0.3, 0.4) is 0 Å². The summed E-state index contributed by atoms with van der Waals surface area (Å²) in [6.07, 6.45) is 4.70. The summed E-state index contributed by atoms with van der Waals surface area (Å²) >= 11 is 0. The molecule has 114 valence electrons. The van der Waals surface area contributed by atoms with Gasteiger partial charge in [-0.05, 0) is 30.5 Å². The minimum atomic E-state index is -0.948. The van der Waals surface area contributed by atoms with E-state index in [1.807, 2.05) is 0 Å². The van der Waals surface area contributed by atoms with Gasteiger partial charge in [0, 0.05) is 13.6 Å². The van der Waals surface area contributed by atoms with Gasteiger partial charge in [-0.25, -0.2) is 4.79 Å². The minimum absolute atomic E-state index is 0.0517. The highest BCUT2D eigenvalue weighted by atomic mass is 16.5. The molecule has 0 spiro atoms. The summed E-state index contributed by atoms with van der Waals surface area (Å²) in [5.74, 6) is -1.000. The molecule has 1 aromatic carbocycles. The van der Waals surface area contributed by atoms with E-state index in [4.69, 9.17) is 9.84 Å². The number of hydrogen-bond acceptors (Lipinski definition) is 3. The van der Waals surface area contributed by atoms with Crippen LogP contribution in [-0.4, -0.2) is 41.6 Å². The fraction of sp³-hybridized carbons (Fsp3) is 0.500. The van der Waals surface area contributed by atoms with Gasteiger partial charge >= 0.3 is 5.97 Å². The van der Waals surface area contributed by atoms with E-state index in [9.17, 15) is 9.59 Å². The zero-order chi connectivity index (χ0) is 15.2. The Labute approximate surface area is 124 Å². The highest BCUT2D eigenvalue weighted by molar-refractivity contribution is 5.87. The number of likely N-dealkylation sites (N-methyl/N-ethyl adjacent to an activating group) is 1. The number of benzene rings is 1. The van der Waals surface area contributed by atoms with Crippen molar-refractivity contribution in [1.29, 1.82) is 0 Å². The van der Waals surface area contributed by atoms with Gasteiger partial charge in [0.05, 0.1) is 11.7 Å². The quantitative estimate of drug-likeness (QED) is 0.873. The Morgan fingerprint density at radius 2 is 1.86 bits per heavy atom. The Bertz CT molecular complexity index is 492. The third kappa shape index (κ3) is 4.56. The van der Waals surface area contributed by atoms with Crippen LogP contribution in [0.4, 0.5) is 0 Å². The number of ether oxygens (including phenoxy) is 1. The number of carbonyl (C=O) groups excluding carboxylic acids is 1. The molecule has 0 saturated heterocycles. The predicted octanol–water partition coefficient (Wildman–Crippen LogP) is 2.30. The molecule has 1 N–H and O–H groups in total. The first-order chi connectivity index (χ1) is 10.1. The van der Waals surface area contributed by atoms with Gasteiger partial charge in [-0.2, -0.15) is 0 Å². The maximum atomic E-state index is 12.0. The lowest BCUT2D eigenvalue weighted by Gasteiger charge is -2.19. The first-order valence-electron chi connectivity index (χ1n) is 7.24. The van der Waals surface area contributed by atoms with Crippen LogP contribution in [0, 0.1) is 0 Å². The second-order valence-corrected chi connectivity index (χ2v) is 5.47. The maximum Gasteiger partial charge on any atom is 0.335 e. The molecule has 5 heteroatoms.